The molecule has 1 aliphatic rings. The average Bonchev–Trinajstić information content (AvgIpc) is 2.91. The van der Waals surface area contributed by atoms with Crippen LogP contribution in [0.3, 0.4) is 0 Å². The number of carbonyl (C=O) groups excluding carboxylic acids is 1. The van der Waals surface area contributed by atoms with Gasteiger partial charge in [0.25, 0.3) is 0 Å². The van der Waals surface area contributed by atoms with E-state index in [4.69, 9.17) is 9.47 Å². The fourth-order valence-electron chi connectivity index (χ4n) is 2.68. The minimum absolute atomic E-state index is 0.0633. The molecule has 1 aliphatic carbocycles. The standard InChI is InChI=1S/C17H24O3/c1-13(2)19-15-9-5-6-10-16(15)20-17(18)12-11-14-7-3-4-8-14/h5-6,9-10,13-14H,3-4,7-8,11-12H2,1-2H3. The largest absolute Gasteiger partial charge is 0.487 e. The first-order valence-corrected chi connectivity index (χ1v) is 7.61. The molecule has 0 N–H and O–H groups in total. The minimum atomic E-state index is -0.156. The van der Waals surface area contributed by atoms with E-state index in [0.717, 1.165) is 6.42 Å². The van der Waals surface area contributed by atoms with Gasteiger partial charge in [-0.15, -0.1) is 0 Å². The summed E-state index contributed by atoms with van der Waals surface area (Å²) in [7, 11) is 0. The minimum Gasteiger partial charge on any atom is -0.487 e. The number of ether oxygens (including phenoxy) is 2. The van der Waals surface area contributed by atoms with Gasteiger partial charge >= 0.3 is 5.97 Å². The van der Waals surface area contributed by atoms with Gasteiger partial charge in [0.2, 0.25) is 0 Å². The predicted molar refractivity (Wildman–Crippen MR) is 79.0 cm³/mol. The molecule has 0 spiro atoms. The van der Waals surface area contributed by atoms with E-state index in [9.17, 15) is 4.79 Å². The highest BCUT2D eigenvalue weighted by Crippen LogP contribution is 2.30. The molecule has 0 radical (unpaired) electrons. The molecule has 0 bridgehead atoms. The highest BCUT2D eigenvalue weighted by Gasteiger charge is 2.17. The molecule has 0 unspecified atom stereocenters. The number of hydrogen-bond acceptors (Lipinski definition) is 3. The Balaban J connectivity index is 1.86. The molecule has 0 saturated heterocycles. The second kappa shape index (κ2) is 7.32. The van der Waals surface area contributed by atoms with Gasteiger partial charge in [-0.1, -0.05) is 37.8 Å². The van der Waals surface area contributed by atoms with E-state index in [2.05, 4.69) is 0 Å². The molecule has 110 valence electrons. The van der Waals surface area contributed by atoms with Crippen LogP contribution in [0.15, 0.2) is 24.3 Å². The summed E-state index contributed by atoms with van der Waals surface area (Å²) in [6.45, 7) is 3.91. The van der Waals surface area contributed by atoms with Crippen LogP contribution in [0.4, 0.5) is 0 Å². The van der Waals surface area contributed by atoms with Crippen LogP contribution in [0.25, 0.3) is 0 Å². The Labute approximate surface area is 121 Å². The molecule has 1 aromatic carbocycles. The van der Waals surface area contributed by atoms with Crippen LogP contribution >= 0.6 is 0 Å². The van der Waals surface area contributed by atoms with Crippen LogP contribution in [-0.4, -0.2) is 12.1 Å². The number of carbonyl (C=O) groups is 1. The van der Waals surface area contributed by atoms with Crippen molar-refractivity contribution < 1.29 is 14.3 Å². The van der Waals surface area contributed by atoms with Crippen molar-refractivity contribution in [2.24, 2.45) is 5.92 Å². The molecule has 0 aromatic heterocycles. The van der Waals surface area contributed by atoms with Crippen molar-refractivity contribution in [3.63, 3.8) is 0 Å². The summed E-state index contributed by atoms with van der Waals surface area (Å²) in [5.41, 5.74) is 0. The quantitative estimate of drug-likeness (QED) is 0.572. The second-order valence-corrected chi connectivity index (χ2v) is 5.78. The lowest BCUT2D eigenvalue weighted by atomic mass is 10.0. The SMILES string of the molecule is CC(C)Oc1ccccc1OC(=O)CCC1CCCC1. The number of esters is 1. The zero-order valence-corrected chi connectivity index (χ0v) is 12.4. The third-order valence-corrected chi connectivity index (χ3v) is 3.67. The highest BCUT2D eigenvalue weighted by atomic mass is 16.6. The molecule has 0 amide bonds. The molecule has 0 aliphatic heterocycles. The van der Waals surface area contributed by atoms with E-state index in [1.165, 1.54) is 25.7 Å². The van der Waals surface area contributed by atoms with Crippen LogP contribution in [0.5, 0.6) is 11.5 Å². The Hall–Kier alpha value is -1.51. The maximum atomic E-state index is 11.9. The molecule has 1 aromatic rings. The van der Waals surface area contributed by atoms with E-state index in [0.29, 0.717) is 23.8 Å². The zero-order valence-electron chi connectivity index (χ0n) is 12.4. The molecular formula is C17H24O3. The van der Waals surface area contributed by atoms with Gasteiger partial charge in [-0.2, -0.15) is 0 Å². The van der Waals surface area contributed by atoms with Gasteiger partial charge in [0, 0.05) is 6.42 Å². The third kappa shape index (κ3) is 4.55. The van der Waals surface area contributed by atoms with Crippen LogP contribution in [0.2, 0.25) is 0 Å². The maximum Gasteiger partial charge on any atom is 0.311 e. The normalized spacial score (nSPS) is 15.6. The monoisotopic (exact) mass is 276 g/mol. The summed E-state index contributed by atoms with van der Waals surface area (Å²) in [4.78, 5) is 11.9. The summed E-state index contributed by atoms with van der Waals surface area (Å²) in [6, 6.07) is 7.35. The van der Waals surface area contributed by atoms with E-state index in [1.807, 2.05) is 32.0 Å². The number of para-hydroxylation sites is 2. The molecule has 20 heavy (non-hydrogen) atoms. The first-order chi connectivity index (χ1) is 9.65. The Bertz CT molecular complexity index is 434. The molecule has 1 saturated carbocycles. The maximum absolute atomic E-state index is 11.9. The first-order valence-electron chi connectivity index (χ1n) is 7.61. The molecule has 3 heteroatoms. The van der Waals surface area contributed by atoms with Crippen molar-refractivity contribution >= 4 is 5.97 Å². The molecule has 0 atom stereocenters. The summed E-state index contributed by atoms with van der Waals surface area (Å²) in [5, 5.41) is 0. The fourth-order valence-corrected chi connectivity index (χ4v) is 2.68. The van der Waals surface area contributed by atoms with E-state index in [-0.39, 0.29) is 12.1 Å². The van der Waals surface area contributed by atoms with Crippen molar-refractivity contribution in [3.05, 3.63) is 24.3 Å². The first kappa shape index (κ1) is 14.9. The van der Waals surface area contributed by atoms with Crippen molar-refractivity contribution in [2.75, 3.05) is 0 Å². The van der Waals surface area contributed by atoms with Crippen LogP contribution in [-0.2, 0) is 4.79 Å². The number of hydrogen-bond donors (Lipinski definition) is 0. The summed E-state index contributed by atoms with van der Waals surface area (Å²) >= 11 is 0. The highest BCUT2D eigenvalue weighted by molar-refractivity contribution is 5.73. The molecule has 1 fully saturated rings. The Morgan fingerprint density at radius 1 is 1.20 bits per heavy atom. The zero-order chi connectivity index (χ0) is 14.4. The third-order valence-electron chi connectivity index (χ3n) is 3.67. The lowest BCUT2D eigenvalue weighted by molar-refractivity contribution is -0.134. The summed E-state index contributed by atoms with van der Waals surface area (Å²) in [6.07, 6.45) is 6.66. The smallest absolute Gasteiger partial charge is 0.311 e. The number of rotatable bonds is 6. The number of benzene rings is 1. The van der Waals surface area contributed by atoms with Gasteiger partial charge in [-0.05, 0) is 38.3 Å². The van der Waals surface area contributed by atoms with Crippen LogP contribution < -0.4 is 9.47 Å². The molecule has 2 rings (SSSR count). The lowest BCUT2D eigenvalue weighted by Gasteiger charge is -2.14. The van der Waals surface area contributed by atoms with Crippen molar-refractivity contribution in [1.82, 2.24) is 0 Å². The van der Waals surface area contributed by atoms with Crippen LogP contribution in [0, 0.1) is 5.92 Å². The summed E-state index contributed by atoms with van der Waals surface area (Å²) in [5.74, 6) is 1.72. The van der Waals surface area contributed by atoms with E-state index in [1.54, 1.807) is 6.07 Å². The Morgan fingerprint density at radius 3 is 2.50 bits per heavy atom. The van der Waals surface area contributed by atoms with Crippen molar-refractivity contribution in [3.8, 4) is 11.5 Å². The van der Waals surface area contributed by atoms with Gasteiger partial charge < -0.3 is 9.47 Å². The Kier molecular flexibility index (Phi) is 5.45. The molecule has 3 nitrogen and oxygen atoms in total. The topological polar surface area (TPSA) is 35.5 Å². The van der Waals surface area contributed by atoms with E-state index >= 15 is 0 Å². The van der Waals surface area contributed by atoms with E-state index < -0.39 is 0 Å². The van der Waals surface area contributed by atoms with Gasteiger partial charge in [-0.3, -0.25) is 4.79 Å². The van der Waals surface area contributed by atoms with Crippen molar-refractivity contribution in [2.45, 2.75) is 58.5 Å². The fraction of sp³-hybridized carbons (Fsp3) is 0.588. The average molecular weight is 276 g/mol. The van der Waals surface area contributed by atoms with Crippen LogP contribution in [0.1, 0.15) is 52.4 Å². The van der Waals surface area contributed by atoms with Gasteiger partial charge in [0.05, 0.1) is 6.10 Å². The molecule has 0 heterocycles. The second-order valence-electron chi connectivity index (χ2n) is 5.78. The molecular weight excluding hydrogens is 252 g/mol. The van der Waals surface area contributed by atoms with Gasteiger partial charge in [-0.25, -0.2) is 0 Å². The van der Waals surface area contributed by atoms with Gasteiger partial charge in [0.1, 0.15) is 0 Å². The predicted octanol–water partition coefficient (Wildman–Crippen LogP) is 4.35. The van der Waals surface area contributed by atoms with Crippen molar-refractivity contribution in [1.29, 1.82) is 0 Å². The Morgan fingerprint density at radius 2 is 1.85 bits per heavy atom. The lowest BCUT2D eigenvalue weighted by Crippen LogP contribution is -2.12. The summed E-state index contributed by atoms with van der Waals surface area (Å²) < 4.78 is 11.1. The van der Waals surface area contributed by atoms with Gasteiger partial charge in [0.15, 0.2) is 11.5 Å².